The molecule has 1 heterocycles. The Morgan fingerprint density at radius 1 is 1.38 bits per heavy atom. The molecule has 3 N–H and O–H groups in total. The summed E-state index contributed by atoms with van der Waals surface area (Å²) in [5.41, 5.74) is 0.274. The fourth-order valence-electron chi connectivity index (χ4n) is 1.71. The van der Waals surface area contributed by atoms with Crippen molar-refractivity contribution in [1.82, 2.24) is 10.3 Å². The van der Waals surface area contributed by atoms with Crippen molar-refractivity contribution in [2.75, 3.05) is 0 Å². The lowest BCUT2D eigenvalue weighted by atomic mass is 10.2. The molecule has 2 amide bonds. The van der Waals surface area contributed by atoms with Gasteiger partial charge in [-0.15, -0.1) is 10.2 Å². The van der Waals surface area contributed by atoms with Crippen molar-refractivity contribution in [3.8, 4) is 5.88 Å². The molecular formula is C13H13FN4O3. The Kier molecular flexibility index (Phi) is 3.97. The monoisotopic (exact) mass is 292 g/mol. The third kappa shape index (κ3) is 3.22. The van der Waals surface area contributed by atoms with Gasteiger partial charge in [-0.2, -0.15) is 0 Å². The topological polar surface area (TPSA) is 107 Å². The Morgan fingerprint density at radius 3 is 2.76 bits per heavy atom. The highest BCUT2D eigenvalue weighted by Crippen LogP contribution is 2.35. The number of hydrogen-bond acceptors (Lipinski definition) is 4. The van der Waals surface area contributed by atoms with Crippen LogP contribution in [0.2, 0.25) is 0 Å². The molecule has 0 aliphatic rings. The summed E-state index contributed by atoms with van der Waals surface area (Å²) in [5, 5.41) is 19.2. The fourth-order valence-corrected chi connectivity index (χ4v) is 1.71. The molecule has 0 saturated heterocycles. The number of aromatic hydroxyl groups is 1. The van der Waals surface area contributed by atoms with E-state index in [0.717, 1.165) is 0 Å². The third-order valence-electron chi connectivity index (χ3n) is 2.57. The SMILES string of the molecule is CC(C)NC(=O)C(=O)N=Nc1c(O)[nH]c2cc(F)ccc12. The van der Waals surface area contributed by atoms with Crippen LogP contribution < -0.4 is 5.32 Å². The molecule has 0 bridgehead atoms. The Morgan fingerprint density at radius 2 is 2.10 bits per heavy atom. The second-order valence-corrected chi connectivity index (χ2v) is 4.65. The maximum absolute atomic E-state index is 13.1. The molecule has 1 aromatic heterocycles. The minimum atomic E-state index is -1.08. The number of H-pyrrole nitrogens is 1. The maximum atomic E-state index is 13.1. The number of aromatic amines is 1. The van der Waals surface area contributed by atoms with Crippen molar-refractivity contribution in [3.05, 3.63) is 24.0 Å². The number of azo groups is 1. The fraction of sp³-hybridized carbons (Fsp3) is 0.231. The Labute approximate surface area is 118 Å². The summed E-state index contributed by atoms with van der Waals surface area (Å²) in [4.78, 5) is 25.3. The van der Waals surface area contributed by atoms with E-state index in [1.54, 1.807) is 13.8 Å². The number of nitrogens with zero attached hydrogens (tertiary/aromatic N) is 2. The molecule has 1 aromatic carbocycles. The van der Waals surface area contributed by atoms with Crippen LogP contribution in [0.4, 0.5) is 10.1 Å². The van der Waals surface area contributed by atoms with Crippen LogP contribution in [0.5, 0.6) is 5.88 Å². The number of aromatic nitrogens is 1. The highest BCUT2D eigenvalue weighted by molar-refractivity contribution is 6.35. The molecule has 0 aliphatic heterocycles. The number of hydrogen-bond donors (Lipinski definition) is 3. The number of rotatable bonds is 2. The summed E-state index contributed by atoms with van der Waals surface area (Å²) in [6, 6.07) is 3.53. The minimum absolute atomic E-state index is 0.0318. The first kappa shape index (κ1) is 14.6. The zero-order valence-corrected chi connectivity index (χ0v) is 11.3. The Hall–Kier alpha value is -2.77. The van der Waals surface area contributed by atoms with Crippen LogP contribution in [-0.2, 0) is 9.59 Å². The van der Waals surface area contributed by atoms with Crippen LogP contribution in [0.3, 0.4) is 0 Å². The lowest BCUT2D eigenvalue weighted by molar-refractivity contribution is -0.137. The zero-order chi connectivity index (χ0) is 15.6. The van der Waals surface area contributed by atoms with Crippen molar-refractivity contribution < 1.29 is 19.1 Å². The van der Waals surface area contributed by atoms with E-state index >= 15 is 0 Å². The van der Waals surface area contributed by atoms with Gasteiger partial charge in [-0.1, -0.05) is 0 Å². The zero-order valence-electron chi connectivity index (χ0n) is 11.3. The molecule has 0 aliphatic carbocycles. The van der Waals surface area contributed by atoms with E-state index in [1.165, 1.54) is 18.2 Å². The molecule has 0 spiro atoms. The number of benzene rings is 1. The number of fused-ring (bicyclic) bond motifs is 1. The average molecular weight is 292 g/mol. The first-order valence-corrected chi connectivity index (χ1v) is 6.15. The number of halogens is 1. The van der Waals surface area contributed by atoms with Gasteiger partial charge in [0.15, 0.2) is 5.69 Å². The number of amides is 2. The maximum Gasteiger partial charge on any atom is 0.353 e. The van der Waals surface area contributed by atoms with Crippen LogP contribution >= 0.6 is 0 Å². The molecule has 0 radical (unpaired) electrons. The van der Waals surface area contributed by atoms with Crippen molar-refractivity contribution in [2.24, 2.45) is 10.2 Å². The van der Waals surface area contributed by atoms with E-state index in [0.29, 0.717) is 10.9 Å². The molecule has 7 nitrogen and oxygen atoms in total. The molecule has 0 fully saturated rings. The summed E-state index contributed by atoms with van der Waals surface area (Å²) in [6.45, 7) is 3.39. The highest BCUT2D eigenvalue weighted by Gasteiger charge is 2.15. The van der Waals surface area contributed by atoms with E-state index in [1.807, 2.05) is 0 Å². The van der Waals surface area contributed by atoms with Crippen LogP contribution in [0.15, 0.2) is 28.4 Å². The van der Waals surface area contributed by atoms with Crippen molar-refractivity contribution >= 4 is 28.4 Å². The van der Waals surface area contributed by atoms with Crippen LogP contribution in [0.1, 0.15) is 13.8 Å². The van der Waals surface area contributed by atoms with E-state index in [4.69, 9.17) is 0 Å². The smallest absolute Gasteiger partial charge is 0.353 e. The van der Waals surface area contributed by atoms with E-state index < -0.39 is 17.6 Å². The molecule has 21 heavy (non-hydrogen) atoms. The summed E-state index contributed by atoms with van der Waals surface area (Å²) < 4.78 is 13.1. The lowest BCUT2D eigenvalue weighted by Gasteiger charge is -2.03. The first-order valence-electron chi connectivity index (χ1n) is 6.15. The van der Waals surface area contributed by atoms with E-state index in [2.05, 4.69) is 20.5 Å². The number of nitrogens with one attached hydrogen (secondary N) is 2. The summed E-state index contributed by atoms with van der Waals surface area (Å²) >= 11 is 0. The molecular weight excluding hydrogens is 279 g/mol. The van der Waals surface area contributed by atoms with Crippen LogP contribution in [-0.4, -0.2) is 27.9 Å². The molecule has 2 aromatic rings. The van der Waals surface area contributed by atoms with E-state index in [-0.39, 0.29) is 17.6 Å². The van der Waals surface area contributed by atoms with Gasteiger partial charge in [-0.25, -0.2) is 4.39 Å². The number of carbonyl (C=O) groups excluding carboxylic acids is 2. The molecule has 110 valence electrons. The third-order valence-corrected chi connectivity index (χ3v) is 2.57. The molecule has 2 rings (SSSR count). The van der Waals surface area contributed by atoms with Crippen molar-refractivity contribution in [1.29, 1.82) is 0 Å². The predicted octanol–water partition coefficient (Wildman–Crippen LogP) is 2.15. The molecule has 0 unspecified atom stereocenters. The van der Waals surface area contributed by atoms with E-state index in [9.17, 15) is 19.1 Å². The lowest BCUT2D eigenvalue weighted by Crippen LogP contribution is -2.34. The van der Waals surface area contributed by atoms with Crippen LogP contribution in [0.25, 0.3) is 10.9 Å². The van der Waals surface area contributed by atoms with Gasteiger partial charge < -0.3 is 15.4 Å². The predicted molar refractivity (Wildman–Crippen MR) is 72.7 cm³/mol. The van der Waals surface area contributed by atoms with Gasteiger partial charge >= 0.3 is 11.8 Å². The largest absolute Gasteiger partial charge is 0.493 e. The second-order valence-electron chi connectivity index (χ2n) is 4.65. The standard InChI is InChI=1S/C13H13FN4O3/c1-6(2)15-12(20)13(21)18-17-10-8-4-3-7(14)5-9(8)16-11(10)19/h3-6,16,19H,1-2H3,(H,15,20). The van der Waals surface area contributed by atoms with Gasteiger partial charge in [0.2, 0.25) is 5.88 Å². The number of carbonyl (C=O) groups is 2. The van der Waals surface area contributed by atoms with Gasteiger partial charge in [0.25, 0.3) is 0 Å². The second kappa shape index (κ2) is 5.70. The highest BCUT2D eigenvalue weighted by atomic mass is 19.1. The van der Waals surface area contributed by atoms with Gasteiger partial charge in [-0.05, 0) is 32.0 Å². The Balaban J connectivity index is 2.27. The van der Waals surface area contributed by atoms with Gasteiger partial charge in [0, 0.05) is 11.4 Å². The summed E-state index contributed by atoms with van der Waals surface area (Å²) in [7, 11) is 0. The summed E-state index contributed by atoms with van der Waals surface area (Å²) in [5.74, 6) is -2.82. The van der Waals surface area contributed by atoms with Crippen molar-refractivity contribution in [3.63, 3.8) is 0 Å². The first-order chi connectivity index (χ1) is 9.88. The minimum Gasteiger partial charge on any atom is -0.493 e. The van der Waals surface area contributed by atoms with Gasteiger partial charge in [0.05, 0.1) is 5.52 Å². The normalized spacial score (nSPS) is 11.4. The van der Waals surface area contributed by atoms with Crippen molar-refractivity contribution in [2.45, 2.75) is 19.9 Å². The molecule has 8 heteroatoms. The molecule has 0 atom stereocenters. The van der Waals surface area contributed by atoms with Gasteiger partial charge in [0.1, 0.15) is 5.82 Å². The van der Waals surface area contributed by atoms with Crippen LogP contribution in [0, 0.1) is 5.82 Å². The summed E-state index contributed by atoms with van der Waals surface area (Å²) in [6.07, 6.45) is 0. The molecule has 0 saturated carbocycles. The average Bonchev–Trinajstić information content (AvgIpc) is 2.69. The quantitative estimate of drug-likeness (QED) is 0.583. The van der Waals surface area contributed by atoms with Gasteiger partial charge in [-0.3, -0.25) is 9.59 Å². The Bertz CT molecular complexity index is 736.